The Kier molecular flexibility index (Phi) is 5.93. The Bertz CT molecular complexity index is 629. The van der Waals surface area contributed by atoms with Crippen LogP contribution < -0.4 is 14.8 Å². The van der Waals surface area contributed by atoms with Gasteiger partial charge in [0, 0.05) is 12.6 Å². The number of hydrogen-bond donors (Lipinski definition) is 1. The predicted molar refractivity (Wildman–Crippen MR) is 86.1 cm³/mol. The summed E-state index contributed by atoms with van der Waals surface area (Å²) in [6, 6.07) is 13.5. The van der Waals surface area contributed by atoms with Crippen molar-refractivity contribution in [2.45, 2.75) is 33.0 Å². The number of aryl methyl sites for hydroxylation is 1. The number of nitrogens with one attached hydrogen (secondary N) is 1. The van der Waals surface area contributed by atoms with Crippen LogP contribution in [-0.4, -0.2) is 13.7 Å². The van der Waals surface area contributed by atoms with Crippen molar-refractivity contribution in [1.29, 1.82) is 0 Å². The number of hydrogen-bond acceptors (Lipinski definition) is 3. The highest BCUT2D eigenvalue weighted by atomic mass is 19.3. The van der Waals surface area contributed by atoms with Gasteiger partial charge in [-0.15, -0.1) is 0 Å². The zero-order valence-corrected chi connectivity index (χ0v) is 13.5. The normalized spacial score (nSPS) is 12.3. The van der Waals surface area contributed by atoms with E-state index in [1.807, 2.05) is 13.0 Å². The van der Waals surface area contributed by atoms with Crippen LogP contribution in [0.15, 0.2) is 42.5 Å². The molecule has 0 aromatic heterocycles. The van der Waals surface area contributed by atoms with Crippen LogP contribution in [0.1, 0.15) is 29.7 Å². The summed E-state index contributed by atoms with van der Waals surface area (Å²) in [7, 11) is 1.42. The molecule has 124 valence electrons. The molecule has 1 unspecified atom stereocenters. The van der Waals surface area contributed by atoms with E-state index in [0.29, 0.717) is 12.3 Å². The molecule has 1 atom stereocenters. The van der Waals surface area contributed by atoms with Crippen LogP contribution in [-0.2, 0) is 6.54 Å². The van der Waals surface area contributed by atoms with Crippen LogP contribution in [0.5, 0.6) is 11.5 Å². The van der Waals surface area contributed by atoms with E-state index in [0.717, 1.165) is 5.56 Å². The van der Waals surface area contributed by atoms with E-state index in [2.05, 4.69) is 41.2 Å². The van der Waals surface area contributed by atoms with Crippen LogP contribution in [0.4, 0.5) is 8.78 Å². The molecule has 0 aliphatic rings. The maximum Gasteiger partial charge on any atom is 0.387 e. The molecule has 2 aromatic rings. The zero-order chi connectivity index (χ0) is 16.8. The Labute approximate surface area is 135 Å². The van der Waals surface area contributed by atoms with Gasteiger partial charge in [-0.1, -0.05) is 35.9 Å². The minimum atomic E-state index is -2.88. The van der Waals surface area contributed by atoms with Crippen molar-refractivity contribution in [3.63, 3.8) is 0 Å². The highest BCUT2D eigenvalue weighted by Gasteiger charge is 2.12. The fourth-order valence-corrected chi connectivity index (χ4v) is 2.26. The van der Waals surface area contributed by atoms with Gasteiger partial charge in [0.05, 0.1) is 7.11 Å². The molecule has 1 N–H and O–H groups in total. The number of rotatable bonds is 7. The van der Waals surface area contributed by atoms with Gasteiger partial charge in [0.15, 0.2) is 11.5 Å². The molecule has 5 heteroatoms. The first-order valence-electron chi connectivity index (χ1n) is 7.41. The first-order valence-corrected chi connectivity index (χ1v) is 7.41. The molecule has 0 saturated carbocycles. The standard InChI is InChI=1S/C18H21F2NO2/c1-12-4-7-15(8-5-12)13(2)21-11-14-6-9-16(22-3)17(10-14)23-18(19)20/h4-10,13,18,21H,11H2,1-3H3. The molecule has 2 aromatic carbocycles. The summed E-state index contributed by atoms with van der Waals surface area (Å²) >= 11 is 0. The highest BCUT2D eigenvalue weighted by Crippen LogP contribution is 2.29. The first kappa shape index (κ1) is 17.2. The van der Waals surface area contributed by atoms with Gasteiger partial charge in [-0.25, -0.2) is 0 Å². The fraction of sp³-hybridized carbons (Fsp3) is 0.333. The molecule has 0 aliphatic heterocycles. The van der Waals surface area contributed by atoms with Crippen LogP contribution >= 0.6 is 0 Å². The quantitative estimate of drug-likeness (QED) is 0.817. The van der Waals surface area contributed by atoms with E-state index in [9.17, 15) is 8.78 Å². The second-order valence-corrected chi connectivity index (χ2v) is 5.38. The molecule has 0 saturated heterocycles. The number of ether oxygens (including phenoxy) is 2. The van der Waals surface area contributed by atoms with Gasteiger partial charge in [0.1, 0.15) is 0 Å². The topological polar surface area (TPSA) is 30.5 Å². The monoisotopic (exact) mass is 321 g/mol. The van der Waals surface area contributed by atoms with E-state index < -0.39 is 6.61 Å². The molecule has 0 heterocycles. The van der Waals surface area contributed by atoms with Crippen molar-refractivity contribution in [2.24, 2.45) is 0 Å². The molecular weight excluding hydrogens is 300 g/mol. The number of benzene rings is 2. The smallest absolute Gasteiger partial charge is 0.387 e. The lowest BCUT2D eigenvalue weighted by atomic mass is 10.1. The Morgan fingerprint density at radius 2 is 1.74 bits per heavy atom. The van der Waals surface area contributed by atoms with Crippen molar-refractivity contribution in [2.75, 3.05) is 7.11 Å². The van der Waals surface area contributed by atoms with E-state index in [1.165, 1.54) is 18.2 Å². The number of alkyl halides is 2. The summed E-state index contributed by atoms with van der Waals surface area (Å²) in [6.07, 6.45) is 0. The molecule has 0 fully saturated rings. The summed E-state index contributed by atoms with van der Waals surface area (Å²) < 4.78 is 34.4. The molecule has 23 heavy (non-hydrogen) atoms. The summed E-state index contributed by atoms with van der Waals surface area (Å²) in [6.45, 7) is 1.77. The maximum atomic E-state index is 12.4. The van der Waals surface area contributed by atoms with E-state index >= 15 is 0 Å². The Morgan fingerprint density at radius 3 is 2.35 bits per heavy atom. The van der Waals surface area contributed by atoms with Gasteiger partial charge < -0.3 is 14.8 Å². The van der Waals surface area contributed by atoms with Crippen molar-refractivity contribution in [3.05, 3.63) is 59.2 Å². The highest BCUT2D eigenvalue weighted by molar-refractivity contribution is 5.43. The van der Waals surface area contributed by atoms with Crippen LogP contribution in [0, 0.1) is 6.92 Å². The third-order valence-corrected chi connectivity index (χ3v) is 3.63. The molecule has 0 aliphatic carbocycles. The van der Waals surface area contributed by atoms with Gasteiger partial charge in [0.2, 0.25) is 0 Å². The average Bonchev–Trinajstić information content (AvgIpc) is 2.53. The van der Waals surface area contributed by atoms with Gasteiger partial charge in [0.25, 0.3) is 0 Å². The zero-order valence-electron chi connectivity index (χ0n) is 13.5. The second kappa shape index (κ2) is 7.92. The largest absolute Gasteiger partial charge is 0.493 e. The van der Waals surface area contributed by atoms with Gasteiger partial charge in [-0.3, -0.25) is 0 Å². The fourth-order valence-electron chi connectivity index (χ4n) is 2.26. The van der Waals surface area contributed by atoms with Gasteiger partial charge >= 0.3 is 6.61 Å². The van der Waals surface area contributed by atoms with Crippen molar-refractivity contribution in [3.8, 4) is 11.5 Å². The minimum Gasteiger partial charge on any atom is -0.493 e. The van der Waals surface area contributed by atoms with Gasteiger partial charge in [-0.2, -0.15) is 8.78 Å². The Balaban J connectivity index is 2.03. The van der Waals surface area contributed by atoms with Crippen molar-refractivity contribution in [1.82, 2.24) is 5.32 Å². The second-order valence-electron chi connectivity index (χ2n) is 5.38. The number of halogens is 2. The molecule has 0 radical (unpaired) electrons. The molecule has 0 spiro atoms. The lowest BCUT2D eigenvalue weighted by Gasteiger charge is -2.16. The summed E-state index contributed by atoms with van der Waals surface area (Å²) in [5.74, 6) is 0.338. The average molecular weight is 321 g/mol. The molecular formula is C18H21F2NO2. The molecule has 2 rings (SSSR count). The summed E-state index contributed by atoms with van der Waals surface area (Å²) in [4.78, 5) is 0. The van der Waals surface area contributed by atoms with E-state index in [1.54, 1.807) is 12.1 Å². The van der Waals surface area contributed by atoms with Crippen LogP contribution in [0.25, 0.3) is 0 Å². The lowest BCUT2D eigenvalue weighted by Crippen LogP contribution is -2.18. The third kappa shape index (κ3) is 4.93. The summed E-state index contributed by atoms with van der Waals surface area (Å²) in [5, 5.41) is 3.37. The first-order chi connectivity index (χ1) is 11.0. The SMILES string of the molecule is COc1ccc(CNC(C)c2ccc(C)cc2)cc1OC(F)F. The van der Waals surface area contributed by atoms with Crippen LogP contribution in [0.3, 0.4) is 0 Å². The molecule has 0 amide bonds. The lowest BCUT2D eigenvalue weighted by molar-refractivity contribution is -0.0512. The molecule has 3 nitrogen and oxygen atoms in total. The third-order valence-electron chi connectivity index (χ3n) is 3.63. The van der Waals surface area contributed by atoms with Crippen LogP contribution in [0.2, 0.25) is 0 Å². The Hall–Kier alpha value is -2.14. The van der Waals surface area contributed by atoms with E-state index in [-0.39, 0.29) is 11.8 Å². The van der Waals surface area contributed by atoms with Crippen molar-refractivity contribution >= 4 is 0 Å². The van der Waals surface area contributed by atoms with E-state index in [4.69, 9.17) is 4.74 Å². The summed E-state index contributed by atoms with van der Waals surface area (Å²) in [5.41, 5.74) is 3.23. The Morgan fingerprint density at radius 1 is 1.04 bits per heavy atom. The minimum absolute atomic E-state index is 0.0461. The predicted octanol–water partition coefficient (Wildman–Crippen LogP) is 4.46. The van der Waals surface area contributed by atoms with Gasteiger partial charge in [-0.05, 0) is 37.1 Å². The molecule has 0 bridgehead atoms. The maximum absolute atomic E-state index is 12.4. The number of methoxy groups -OCH3 is 1. The van der Waals surface area contributed by atoms with Crippen molar-refractivity contribution < 1.29 is 18.3 Å².